The Morgan fingerprint density at radius 1 is 0.762 bits per heavy atom. The number of hydrogen-bond acceptors (Lipinski definition) is 4. The Kier molecular flexibility index (Phi) is 4.40. The second-order valence-electron chi connectivity index (χ2n) is 5.07. The van der Waals surface area contributed by atoms with E-state index in [9.17, 15) is 9.46 Å². The highest BCUT2D eigenvalue weighted by molar-refractivity contribution is 7.46. The summed E-state index contributed by atoms with van der Waals surface area (Å²) in [4.78, 5) is 12.2. The van der Waals surface area contributed by atoms with Crippen molar-refractivity contribution < 1.29 is 18.5 Å². The zero-order valence-electron chi connectivity index (χ0n) is 12.5. The maximum atomic E-state index is 12.2. The van der Waals surface area contributed by atoms with E-state index in [1.165, 1.54) is 0 Å². The third kappa shape index (κ3) is 3.66. The second kappa shape index (κ2) is 5.92. The van der Waals surface area contributed by atoms with Gasteiger partial charge in [0.2, 0.25) is 0 Å². The van der Waals surface area contributed by atoms with Crippen LogP contribution in [-0.2, 0) is 4.57 Å². The van der Waals surface area contributed by atoms with Crippen LogP contribution < -0.4 is 13.9 Å². The van der Waals surface area contributed by atoms with Crippen molar-refractivity contribution >= 4 is 7.82 Å². The molecule has 2 rings (SSSR count). The Morgan fingerprint density at radius 2 is 1.05 bits per heavy atom. The van der Waals surface area contributed by atoms with E-state index in [1.807, 2.05) is 12.1 Å². The summed E-state index contributed by atoms with van der Waals surface area (Å²) in [5.74, 6) is 0.643. The van der Waals surface area contributed by atoms with Gasteiger partial charge in [0.15, 0.2) is 0 Å². The van der Waals surface area contributed by atoms with E-state index in [0.29, 0.717) is 11.5 Å². The fraction of sp³-hybridized carbons (Fsp3) is 0.250. The molecule has 0 aromatic heterocycles. The average Bonchev–Trinajstić information content (AvgIpc) is 2.39. The molecule has 0 spiro atoms. The quantitative estimate of drug-likeness (QED) is 0.805. The predicted molar refractivity (Wildman–Crippen MR) is 80.7 cm³/mol. The van der Waals surface area contributed by atoms with Crippen molar-refractivity contribution in [2.24, 2.45) is 0 Å². The molecule has 0 radical (unpaired) electrons. The van der Waals surface area contributed by atoms with Gasteiger partial charge in [-0.2, -0.15) is 0 Å². The van der Waals surface area contributed by atoms with Crippen LogP contribution in [0.2, 0.25) is 0 Å². The molecule has 112 valence electrons. The summed E-state index contributed by atoms with van der Waals surface area (Å²) in [6.07, 6.45) is 0. The molecular formula is C16H18O4P-. The number of benzene rings is 2. The third-order valence-electron chi connectivity index (χ3n) is 3.22. The number of aryl methyl sites for hydroxylation is 4. The van der Waals surface area contributed by atoms with Crippen molar-refractivity contribution in [3.05, 3.63) is 58.7 Å². The second-order valence-corrected chi connectivity index (χ2v) is 6.33. The first-order chi connectivity index (χ1) is 9.80. The van der Waals surface area contributed by atoms with Crippen LogP contribution in [0.25, 0.3) is 0 Å². The minimum atomic E-state index is -4.49. The molecule has 0 aliphatic rings. The zero-order valence-corrected chi connectivity index (χ0v) is 13.4. The van der Waals surface area contributed by atoms with E-state index in [-0.39, 0.29) is 0 Å². The highest BCUT2D eigenvalue weighted by atomic mass is 31.2. The van der Waals surface area contributed by atoms with Crippen LogP contribution in [0.3, 0.4) is 0 Å². The molecule has 0 fully saturated rings. The first kappa shape index (κ1) is 15.6. The van der Waals surface area contributed by atoms with Gasteiger partial charge >= 0.3 is 7.82 Å². The largest absolute Gasteiger partial charge is 0.736 e. The summed E-state index contributed by atoms with van der Waals surface area (Å²) in [5, 5.41) is 0. The maximum absolute atomic E-state index is 12.2. The fourth-order valence-corrected chi connectivity index (χ4v) is 3.19. The lowest BCUT2D eigenvalue weighted by molar-refractivity contribution is -0.208. The third-order valence-corrected chi connectivity index (χ3v) is 4.04. The monoisotopic (exact) mass is 305 g/mol. The molecule has 0 atom stereocenters. The molecule has 0 saturated heterocycles. The maximum Gasteiger partial charge on any atom is 0.372 e. The highest BCUT2D eigenvalue weighted by Gasteiger charge is 2.18. The summed E-state index contributed by atoms with van der Waals surface area (Å²) in [7, 11) is -4.49. The first-order valence-corrected chi connectivity index (χ1v) is 8.09. The van der Waals surface area contributed by atoms with Crippen LogP contribution >= 0.6 is 7.82 Å². The van der Waals surface area contributed by atoms with Crippen LogP contribution in [0.4, 0.5) is 0 Å². The molecule has 21 heavy (non-hydrogen) atoms. The lowest BCUT2D eigenvalue weighted by Gasteiger charge is -2.27. The van der Waals surface area contributed by atoms with E-state index >= 15 is 0 Å². The fourth-order valence-electron chi connectivity index (χ4n) is 2.13. The Labute approximate surface area is 125 Å². The van der Waals surface area contributed by atoms with E-state index in [2.05, 4.69) is 0 Å². The number of hydrogen-bond donors (Lipinski definition) is 0. The highest BCUT2D eigenvalue weighted by Crippen LogP contribution is 2.44. The predicted octanol–water partition coefficient (Wildman–Crippen LogP) is 3.85. The van der Waals surface area contributed by atoms with Crippen LogP contribution in [0.1, 0.15) is 22.3 Å². The zero-order chi connectivity index (χ0) is 15.6. The summed E-state index contributed by atoms with van der Waals surface area (Å²) in [6, 6.07) is 10.9. The van der Waals surface area contributed by atoms with E-state index in [1.54, 1.807) is 52.0 Å². The average molecular weight is 305 g/mol. The molecule has 4 nitrogen and oxygen atoms in total. The number of para-hydroxylation sites is 2. The molecule has 5 heteroatoms. The Hall–Kier alpha value is -1.77. The molecule has 0 bridgehead atoms. The molecule has 2 aromatic carbocycles. The van der Waals surface area contributed by atoms with E-state index in [0.717, 1.165) is 22.3 Å². The van der Waals surface area contributed by atoms with Crippen LogP contribution in [-0.4, -0.2) is 0 Å². The van der Waals surface area contributed by atoms with Crippen LogP contribution in [0.15, 0.2) is 36.4 Å². The minimum Gasteiger partial charge on any atom is -0.736 e. The van der Waals surface area contributed by atoms with Crippen molar-refractivity contribution in [2.45, 2.75) is 27.7 Å². The van der Waals surface area contributed by atoms with Gasteiger partial charge in [-0.15, -0.1) is 0 Å². The minimum absolute atomic E-state index is 0.321. The van der Waals surface area contributed by atoms with Gasteiger partial charge < -0.3 is 13.9 Å². The number of phosphoric ester groups is 1. The molecule has 0 heterocycles. The summed E-state index contributed by atoms with van der Waals surface area (Å²) in [6.45, 7) is 7.17. The van der Waals surface area contributed by atoms with Gasteiger partial charge in [-0.25, -0.2) is 4.57 Å². The lowest BCUT2D eigenvalue weighted by atomic mass is 10.1. The van der Waals surface area contributed by atoms with Gasteiger partial charge in [-0.05, 0) is 49.9 Å². The summed E-state index contributed by atoms with van der Waals surface area (Å²) in [5.41, 5.74) is 2.99. The normalized spacial score (nSPS) is 11.3. The van der Waals surface area contributed by atoms with Crippen molar-refractivity contribution in [3.8, 4) is 11.5 Å². The molecule has 0 amide bonds. The smallest absolute Gasteiger partial charge is 0.372 e. The lowest BCUT2D eigenvalue weighted by Crippen LogP contribution is -2.15. The van der Waals surface area contributed by atoms with Crippen molar-refractivity contribution in [1.29, 1.82) is 0 Å². The molecule has 0 unspecified atom stereocenters. The van der Waals surface area contributed by atoms with Crippen LogP contribution in [0.5, 0.6) is 11.5 Å². The topological polar surface area (TPSA) is 58.6 Å². The van der Waals surface area contributed by atoms with Gasteiger partial charge in [0, 0.05) is 0 Å². The van der Waals surface area contributed by atoms with Gasteiger partial charge in [0.1, 0.15) is 11.5 Å². The van der Waals surface area contributed by atoms with Gasteiger partial charge in [0.05, 0.1) is 0 Å². The van der Waals surface area contributed by atoms with Crippen molar-refractivity contribution in [3.63, 3.8) is 0 Å². The first-order valence-electron chi connectivity index (χ1n) is 6.63. The van der Waals surface area contributed by atoms with Crippen molar-refractivity contribution in [1.82, 2.24) is 0 Å². The molecule has 0 aliphatic carbocycles. The SMILES string of the molecule is Cc1cccc(C)c1OP(=O)([O-])Oc1c(C)cccc1C. The summed E-state index contributed by atoms with van der Waals surface area (Å²) >= 11 is 0. The standard InChI is InChI=1S/C16H19O4P/c1-11-7-5-8-12(2)15(11)19-21(17,18)20-16-13(3)9-6-10-14(16)4/h5-10H,1-4H3,(H,17,18)/p-1. The summed E-state index contributed by atoms with van der Waals surface area (Å²) < 4.78 is 22.5. The molecule has 0 aliphatic heterocycles. The Balaban J connectivity index is 2.29. The van der Waals surface area contributed by atoms with E-state index < -0.39 is 7.82 Å². The Morgan fingerprint density at radius 3 is 1.33 bits per heavy atom. The van der Waals surface area contributed by atoms with Crippen LogP contribution in [0, 0.1) is 27.7 Å². The Bertz CT molecular complexity index is 611. The van der Waals surface area contributed by atoms with Gasteiger partial charge in [-0.3, -0.25) is 0 Å². The number of phosphoric acid groups is 1. The molecule has 0 saturated carbocycles. The number of rotatable bonds is 4. The van der Waals surface area contributed by atoms with Crippen molar-refractivity contribution in [2.75, 3.05) is 0 Å². The molecule has 2 aromatic rings. The van der Waals surface area contributed by atoms with Gasteiger partial charge in [0.25, 0.3) is 0 Å². The van der Waals surface area contributed by atoms with E-state index in [4.69, 9.17) is 9.05 Å². The van der Waals surface area contributed by atoms with Gasteiger partial charge in [-0.1, -0.05) is 36.4 Å². The molecule has 0 N–H and O–H groups in total. The molecular weight excluding hydrogens is 287 g/mol.